The van der Waals surface area contributed by atoms with Crippen molar-refractivity contribution in [2.75, 3.05) is 26.3 Å². The Morgan fingerprint density at radius 2 is 2.00 bits per heavy atom. The van der Waals surface area contributed by atoms with Crippen LogP contribution in [0.15, 0.2) is 42.7 Å². The van der Waals surface area contributed by atoms with E-state index in [1.807, 2.05) is 18.3 Å². The van der Waals surface area contributed by atoms with Gasteiger partial charge in [0.05, 0.1) is 16.0 Å². The number of aromatic nitrogens is 2. The van der Waals surface area contributed by atoms with Gasteiger partial charge in [0, 0.05) is 55.2 Å². The highest BCUT2D eigenvalue weighted by atomic mass is 35.5. The highest BCUT2D eigenvalue weighted by Crippen LogP contribution is 2.35. The summed E-state index contributed by atoms with van der Waals surface area (Å²) in [4.78, 5) is 18.0. The maximum Gasteiger partial charge on any atom is 0.253 e. The third kappa shape index (κ3) is 4.62. The molecule has 2 aromatic heterocycles. The van der Waals surface area contributed by atoms with Gasteiger partial charge in [0.25, 0.3) is 5.91 Å². The summed E-state index contributed by atoms with van der Waals surface area (Å²) in [5.41, 5.74) is 2.30. The van der Waals surface area contributed by atoms with Crippen molar-refractivity contribution in [2.45, 2.75) is 43.7 Å². The summed E-state index contributed by atoms with van der Waals surface area (Å²) in [7, 11) is 0. The first-order chi connectivity index (χ1) is 16.1. The van der Waals surface area contributed by atoms with Crippen LogP contribution in [0.2, 0.25) is 10.0 Å². The van der Waals surface area contributed by atoms with E-state index in [1.54, 1.807) is 12.3 Å². The second-order valence-electron chi connectivity index (χ2n) is 9.06. The van der Waals surface area contributed by atoms with Gasteiger partial charge in [-0.15, -0.1) is 0 Å². The number of nitrogens with zero attached hydrogens (tertiary/aromatic N) is 2. The van der Waals surface area contributed by atoms with E-state index >= 15 is 0 Å². The fourth-order valence-corrected chi connectivity index (χ4v) is 5.48. The summed E-state index contributed by atoms with van der Waals surface area (Å²) in [6, 6.07) is 10.1. The molecule has 6 nitrogen and oxygen atoms in total. The molecule has 33 heavy (non-hydrogen) atoms. The molecule has 174 valence electrons. The number of benzene rings is 1. The molecule has 2 N–H and O–H groups in total. The molecule has 0 saturated carbocycles. The van der Waals surface area contributed by atoms with Gasteiger partial charge in [0.15, 0.2) is 0 Å². The van der Waals surface area contributed by atoms with Crippen molar-refractivity contribution >= 4 is 40.1 Å². The van der Waals surface area contributed by atoms with Crippen molar-refractivity contribution in [1.82, 2.24) is 20.2 Å². The van der Waals surface area contributed by atoms with Crippen LogP contribution in [0.4, 0.5) is 0 Å². The number of nitrogens with one attached hydrogen (secondary N) is 2. The Morgan fingerprint density at radius 3 is 2.73 bits per heavy atom. The van der Waals surface area contributed by atoms with Gasteiger partial charge in [-0.3, -0.25) is 4.79 Å². The number of halogens is 2. The van der Waals surface area contributed by atoms with Gasteiger partial charge in [-0.2, -0.15) is 0 Å². The van der Waals surface area contributed by atoms with Crippen molar-refractivity contribution in [1.29, 1.82) is 0 Å². The minimum atomic E-state index is -0.188. The van der Waals surface area contributed by atoms with Crippen molar-refractivity contribution in [3.05, 3.63) is 63.9 Å². The first-order valence-corrected chi connectivity index (χ1v) is 12.3. The minimum Gasteiger partial charge on any atom is -0.381 e. The van der Waals surface area contributed by atoms with Crippen LogP contribution in [-0.4, -0.2) is 47.8 Å². The van der Waals surface area contributed by atoms with Gasteiger partial charge in [-0.25, -0.2) is 4.98 Å². The summed E-state index contributed by atoms with van der Waals surface area (Å²) in [5.74, 6) is -0.132. The number of fused-ring (bicyclic) bond motifs is 1. The maximum atomic E-state index is 13.5. The molecule has 2 aliphatic heterocycles. The van der Waals surface area contributed by atoms with Gasteiger partial charge >= 0.3 is 0 Å². The SMILES string of the molecule is O=C(NCC1(c2ccc(Cl)cc2)CCOCC1)c1cn(C[C@@H]2CCCN2)c2nccc(Cl)c12. The Balaban J connectivity index is 1.41. The highest BCUT2D eigenvalue weighted by molar-refractivity contribution is 6.36. The predicted molar refractivity (Wildman–Crippen MR) is 131 cm³/mol. The zero-order valence-electron chi connectivity index (χ0n) is 18.4. The molecule has 5 rings (SSSR count). The topological polar surface area (TPSA) is 68.2 Å². The van der Waals surface area contributed by atoms with E-state index in [4.69, 9.17) is 27.9 Å². The average Bonchev–Trinajstić information content (AvgIpc) is 3.48. The molecular formula is C25H28Cl2N4O2. The van der Waals surface area contributed by atoms with E-state index in [0.717, 1.165) is 38.0 Å². The molecule has 2 aliphatic rings. The number of carbonyl (C=O) groups excluding carboxylic acids is 1. The number of pyridine rings is 1. The smallest absolute Gasteiger partial charge is 0.253 e. The normalized spacial score (nSPS) is 20.2. The Hall–Kier alpha value is -2.12. The van der Waals surface area contributed by atoms with Gasteiger partial charge < -0.3 is 19.9 Å². The average molecular weight is 487 g/mol. The fourth-order valence-electron chi connectivity index (χ4n) is 5.12. The number of amides is 1. The summed E-state index contributed by atoms with van der Waals surface area (Å²) in [5, 5.41) is 8.68. The first-order valence-electron chi connectivity index (χ1n) is 11.5. The number of hydrogen-bond donors (Lipinski definition) is 2. The highest BCUT2D eigenvalue weighted by Gasteiger charge is 2.35. The van der Waals surface area contributed by atoms with Crippen LogP contribution in [0.25, 0.3) is 11.0 Å². The number of carbonyl (C=O) groups is 1. The summed E-state index contributed by atoms with van der Waals surface area (Å²) < 4.78 is 7.69. The minimum absolute atomic E-state index is 0.132. The standard InChI is InChI=1S/C25H28Cl2N4O2/c26-18-5-3-17(4-6-18)25(8-12-33-13-9-25)16-30-24(32)20-15-31(14-19-2-1-10-28-19)23-22(20)21(27)7-11-29-23/h3-7,11,15,19,28H,1-2,8-10,12-14,16H2,(H,30,32)/t19-/m0/s1. The molecule has 1 amide bonds. The van der Waals surface area contributed by atoms with Gasteiger partial charge in [-0.1, -0.05) is 35.3 Å². The molecule has 0 unspecified atom stereocenters. The van der Waals surface area contributed by atoms with Crippen molar-refractivity contribution in [2.24, 2.45) is 0 Å². The van der Waals surface area contributed by atoms with E-state index in [9.17, 15) is 4.79 Å². The van der Waals surface area contributed by atoms with E-state index < -0.39 is 0 Å². The molecule has 2 fully saturated rings. The van der Waals surface area contributed by atoms with Gasteiger partial charge in [-0.05, 0) is 56.0 Å². The zero-order valence-corrected chi connectivity index (χ0v) is 20.0. The largest absolute Gasteiger partial charge is 0.381 e. The number of hydrogen-bond acceptors (Lipinski definition) is 4. The van der Waals surface area contributed by atoms with Gasteiger partial charge in [0.2, 0.25) is 0 Å². The molecule has 2 saturated heterocycles. The van der Waals surface area contributed by atoms with Crippen molar-refractivity contribution in [3.8, 4) is 0 Å². The van der Waals surface area contributed by atoms with Crippen LogP contribution >= 0.6 is 23.2 Å². The second-order valence-corrected chi connectivity index (χ2v) is 9.91. The van der Waals surface area contributed by atoms with Crippen molar-refractivity contribution in [3.63, 3.8) is 0 Å². The molecule has 0 spiro atoms. The van der Waals surface area contributed by atoms with Crippen LogP contribution in [0.1, 0.15) is 41.6 Å². The molecule has 3 aromatic rings. The summed E-state index contributed by atoms with van der Waals surface area (Å²) in [6.45, 7) is 3.65. The lowest BCUT2D eigenvalue weighted by Crippen LogP contribution is -2.44. The van der Waals surface area contributed by atoms with Crippen LogP contribution in [0.5, 0.6) is 0 Å². The van der Waals surface area contributed by atoms with Crippen LogP contribution in [0, 0.1) is 0 Å². The Bertz CT molecular complexity index is 1130. The maximum absolute atomic E-state index is 13.5. The van der Waals surface area contributed by atoms with Crippen LogP contribution in [0.3, 0.4) is 0 Å². The Labute approximate surface area is 203 Å². The first kappa shape index (κ1) is 22.7. The van der Waals surface area contributed by atoms with E-state index in [-0.39, 0.29) is 11.3 Å². The third-order valence-electron chi connectivity index (χ3n) is 7.02. The lowest BCUT2D eigenvalue weighted by molar-refractivity contribution is 0.0487. The number of ether oxygens (including phenoxy) is 1. The quantitative estimate of drug-likeness (QED) is 0.535. The molecule has 1 atom stereocenters. The van der Waals surface area contributed by atoms with E-state index in [0.29, 0.717) is 46.8 Å². The zero-order chi connectivity index (χ0) is 22.8. The molecule has 0 radical (unpaired) electrons. The van der Waals surface area contributed by atoms with E-state index in [2.05, 4.69) is 32.3 Å². The molecule has 1 aromatic carbocycles. The third-order valence-corrected chi connectivity index (χ3v) is 7.59. The second kappa shape index (κ2) is 9.63. The van der Waals surface area contributed by atoms with E-state index in [1.165, 1.54) is 12.0 Å². The monoisotopic (exact) mass is 486 g/mol. The van der Waals surface area contributed by atoms with Crippen molar-refractivity contribution < 1.29 is 9.53 Å². The van der Waals surface area contributed by atoms with Crippen LogP contribution < -0.4 is 10.6 Å². The molecule has 4 heterocycles. The van der Waals surface area contributed by atoms with Crippen LogP contribution in [-0.2, 0) is 16.7 Å². The lowest BCUT2D eigenvalue weighted by Gasteiger charge is -2.38. The number of rotatable bonds is 6. The molecule has 8 heteroatoms. The molecule has 0 aliphatic carbocycles. The predicted octanol–water partition coefficient (Wildman–Crippen LogP) is 4.57. The fraction of sp³-hybridized carbons (Fsp3) is 0.440. The Morgan fingerprint density at radius 1 is 1.21 bits per heavy atom. The summed E-state index contributed by atoms with van der Waals surface area (Å²) in [6.07, 6.45) is 7.56. The van der Waals surface area contributed by atoms with Gasteiger partial charge in [0.1, 0.15) is 5.65 Å². The molecular weight excluding hydrogens is 459 g/mol. The molecule has 0 bridgehead atoms. The Kier molecular flexibility index (Phi) is 6.61. The summed E-state index contributed by atoms with van der Waals surface area (Å²) >= 11 is 12.7. The lowest BCUT2D eigenvalue weighted by atomic mass is 9.74.